The zero-order chi connectivity index (χ0) is 27.1. The Labute approximate surface area is 216 Å². The van der Waals surface area contributed by atoms with Gasteiger partial charge >= 0.3 is 12.1 Å². The quantitative estimate of drug-likeness (QED) is 0.360. The Balaban J connectivity index is 2.43. The van der Waals surface area contributed by atoms with E-state index < -0.39 is 37.9 Å². The molecule has 0 aliphatic carbocycles. The zero-order valence-electron chi connectivity index (χ0n) is 22.8. The molecule has 0 spiro atoms. The average Bonchev–Trinajstić information content (AvgIpc) is 2.79. The molecule has 36 heavy (non-hydrogen) atoms. The van der Waals surface area contributed by atoms with Crippen LogP contribution in [0, 0.1) is 5.92 Å². The van der Waals surface area contributed by atoms with Crippen LogP contribution < -0.4 is 15.7 Å². The van der Waals surface area contributed by atoms with Crippen molar-refractivity contribution in [1.29, 1.82) is 0 Å². The van der Waals surface area contributed by atoms with E-state index in [1.807, 2.05) is 49.4 Å². The van der Waals surface area contributed by atoms with Crippen LogP contribution >= 0.6 is 0 Å². The summed E-state index contributed by atoms with van der Waals surface area (Å²) >= 11 is 0. The average molecular weight is 512 g/mol. The number of carbonyl (C=O) groups is 2. The van der Waals surface area contributed by atoms with Crippen LogP contribution in [0.3, 0.4) is 0 Å². The first-order valence-electron chi connectivity index (χ1n) is 12.4. The van der Waals surface area contributed by atoms with E-state index in [2.05, 4.69) is 50.4 Å². The number of nitrogens with one attached hydrogen (secondary N) is 1. The second kappa shape index (κ2) is 11.9. The Morgan fingerprint density at radius 1 is 0.944 bits per heavy atom. The topological polar surface area (TPSA) is 84.9 Å². The van der Waals surface area contributed by atoms with E-state index in [0.717, 1.165) is 15.9 Å². The van der Waals surface area contributed by atoms with Crippen molar-refractivity contribution in [1.82, 2.24) is 5.32 Å². The fourth-order valence-corrected chi connectivity index (χ4v) is 9.02. The third kappa shape index (κ3) is 7.08. The molecular weight excluding hydrogens is 470 g/mol. The van der Waals surface area contributed by atoms with E-state index in [9.17, 15) is 14.7 Å². The number of amides is 1. The molecule has 0 aliphatic heterocycles. The van der Waals surface area contributed by atoms with Crippen molar-refractivity contribution in [3.63, 3.8) is 0 Å². The number of alkyl carbamates (subject to hydrolysis) is 1. The highest BCUT2D eigenvalue weighted by Crippen LogP contribution is 2.37. The second-order valence-corrected chi connectivity index (χ2v) is 15.4. The molecule has 1 amide bonds. The summed E-state index contributed by atoms with van der Waals surface area (Å²) in [5.74, 6) is -1.64. The van der Waals surface area contributed by atoms with Crippen molar-refractivity contribution in [2.24, 2.45) is 5.92 Å². The van der Waals surface area contributed by atoms with Crippen molar-refractivity contribution in [2.75, 3.05) is 6.61 Å². The molecule has 0 aromatic heterocycles. The van der Waals surface area contributed by atoms with Gasteiger partial charge in [-0.2, -0.15) is 0 Å². The van der Waals surface area contributed by atoms with Crippen LogP contribution in [0.25, 0.3) is 0 Å². The van der Waals surface area contributed by atoms with Crippen LogP contribution in [0.15, 0.2) is 72.3 Å². The molecule has 0 fully saturated rings. The van der Waals surface area contributed by atoms with Gasteiger partial charge in [0.15, 0.2) is 0 Å². The lowest BCUT2D eigenvalue weighted by Gasteiger charge is -2.43. The van der Waals surface area contributed by atoms with Crippen LogP contribution in [0.5, 0.6) is 0 Å². The number of allylic oxidation sites excluding steroid dienone is 1. The summed E-state index contributed by atoms with van der Waals surface area (Å²) in [5.41, 5.74) is 0.0677. The minimum Gasteiger partial charge on any atom is -0.480 e. The SMILES string of the molecule is C/C=C(\CO[Si](c1ccccc1)(c1ccccc1)C(C)(C)C)[C@@H](C)[C@H](NC(=O)OC(C)(C)C)C(=O)O. The van der Waals surface area contributed by atoms with Crippen molar-refractivity contribution in [3.8, 4) is 0 Å². The summed E-state index contributed by atoms with van der Waals surface area (Å²) in [4.78, 5) is 24.5. The first-order chi connectivity index (χ1) is 16.7. The molecule has 0 saturated heterocycles. The molecule has 2 aromatic carbocycles. The Bertz CT molecular complexity index is 999. The van der Waals surface area contributed by atoms with E-state index in [1.165, 1.54) is 0 Å². The van der Waals surface area contributed by atoms with E-state index >= 15 is 0 Å². The van der Waals surface area contributed by atoms with Crippen LogP contribution in [0.4, 0.5) is 4.79 Å². The summed E-state index contributed by atoms with van der Waals surface area (Å²) in [6, 6.07) is 19.4. The summed E-state index contributed by atoms with van der Waals surface area (Å²) in [5, 5.41) is 14.5. The molecule has 2 aromatic rings. The van der Waals surface area contributed by atoms with Gasteiger partial charge in [-0.1, -0.05) is 94.4 Å². The largest absolute Gasteiger partial charge is 0.480 e. The van der Waals surface area contributed by atoms with Gasteiger partial charge in [0.2, 0.25) is 0 Å². The third-order valence-electron chi connectivity index (χ3n) is 6.27. The molecular formula is C29H41NO5Si. The van der Waals surface area contributed by atoms with Gasteiger partial charge in [0.25, 0.3) is 8.32 Å². The molecule has 7 heteroatoms. The van der Waals surface area contributed by atoms with E-state index in [1.54, 1.807) is 27.7 Å². The summed E-state index contributed by atoms with van der Waals surface area (Å²) < 4.78 is 12.3. The maximum Gasteiger partial charge on any atom is 0.408 e. The molecule has 0 saturated carbocycles. The lowest BCUT2D eigenvalue weighted by atomic mass is 9.93. The molecule has 0 heterocycles. The number of ether oxygens (including phenoxy) is 1. The number of hydrogen-bond donors (Lipinski definition) is 2. The number of carboxylic acid groups (broad SMARTS) is 1. The number of benzene rings is 2. The molecule has 0 unspecified atom stereocenters. The maximum absolute atomic E-state index is 12.4. The van der Waals surface area contributed by atoms with Gasteiger partial charge in [0.05, 0.1) is 6.61 Å². The second-order valence-electron chi connectivity index (χ2n) is 11.1. The highest BCUT2D eigenvalue weighted by atomic mass is 28.4. The van der Waals surface area contributed by atoms with Crippen molar-refractivity contribution < 1.29 is 23.9 Å². The molecule has 6 nitrogen and oxygen atoms in total. The molecule has 2 N–H and O–H groups in total. The fraction of sp³-hybridized carbons (Fsp3) is 0.448. The molecule has 2 rings (SSSR count). The summed E-state index contributed by atoms with van der Waals surface area (Å²) in [7, 11) is -2.80. The normalized spacial score (nSPS) is 14.6. The molecule has 0 bridgehead atoms. The van der Waals surface area contributed by atoms with Crippen LogP contribution in [-0.4, -0.2) is 43.7 Å². The van der Waals surface area contributed by atoms with Gasteiger partial charge < -0.3 is 19.6 Å². The monoisotopic (exact) mass is 511 g/mol. The predicted octanol–water partition coefficient (Wildman–Crippen LogP) is 5.12. The van der Waals surface area contributed by atoms with E-state index in [0.29, 0.717) is 0 Å². The van der Waals surface area contributed by atoms with Crippen LogP contribution in [0.2, 0.25) is 5.04 Å². The lowest BCUT2D eigenvalue weighted by Crippen LogP contribution is -2.66. The Kier molecular flexibility index (Phi) is 9.68. The predicted molar refractivity (Wildman–Crippen MR) is 147 cm³/mol. The van der Waals surface area contributed by atoms with Gasteiger partial charge in [-0.25, -0.2) is 9.59 Å². The molecule has 2 atom stereocenters. The van der Waals surface area contributed by atoms with E-state index in [4.69, 9.17) is 9.16 Å². The number of carbonyl (C=O) groups excluding carboxylic acids is 1. The fourth-order valence-electron chi connectivity index (χ4n) is 4.48. The number of aliphatic carboxylic acids is 1. The van der Waals surface area contributed by atoms with Gasteiger partial charge in [-0.3, -0.25) is 0 Å². The van der Waals surface area contributed by atoms with E-state index in [-0.39, 0.29) is 11.6 Å². The van der Waals surface area contributed by atoms with Gasteiger partial charge in [0, 0.05) is 5.92 Å². The van der Waals surface area contributed by atoms with Crippen LogP contribution in [0.1, 0.15) is 55.4 Å². The standard InChI is InChI=1S/C29H41NO5Si/c1-9-22(21(2)25(26(31)32)30-27(33)35-28(3,4)5)20-34-36(29(6,7)8,23-16-12-10-13-17-23)24-18-14-11-15-19-24/h9-19,21,25H,20H2,1-8H3,(H,30,33)(H,31,32)/b22-9+/t21-,25+/m1/s1. The molecule has 0 aliphatic rings. The van der Waals surface area contributed by atoms with Gasteiger partial charge in [-0.05, 0) is 48.7 Å². The van der Waals surface area contributed by atoms with Crippen LogP contribution in [-0.2, 0) is 14.0 Å². The van der Waals surface area contributed by atoms with Crippen molar-refractivity contribution in [3.05, 3.63) is 72.3 Å². The first-order valence-corrected chi connectivity index (χ1v) is 14.3. The van der Waals surface area contributed by atoms with Crippen molar-refractivity contribution in [2.45, 2.75) is 72.1 Å². The Morgan fingerprint density at radius 3 is 1.78 bits per heavy atom. The smallest absolute Gasteiger partial charge is 0.408 e. The van der Waals surface area contributed by atoms with Crippen molar-refractivity contribution >= 4 is 30.8 Å². The van der Waals surface area contributed by atoms with Gasteiger partial charge in [-0.15, -0.1) is 0 Å². The summed E-state index contributed by atoms with van der Waals surface area (Å²) in [6.07, 6.45) is 1.12. The van der Waals surface area contributed by atoms with Gasteiger partial charge in [0.1, 0.15) is 11.6 Å². The Hall–Kier alpha value is -2.90. The maximum atomic E-state index is 12.4. The highest BCUT2D eigenvalue weighted by Gasteiger charge is 2.50. The number of rotatable bonds is 9. The number of hydrogen-bond acceptors (Lipinski definition) is 4. The first kappa shape index (κ1) is 29.3. The third-order valence-corrected chi connectivity index (χ3v) is 11.2. The Morgan fingerprint density at radius 2 is 1.42 bits per heavy atom. The highest BCUT2D eigenvalue weighted by molar-refractivity contribution is 6.99. The minimum absolute atomic E-state index is 0.210. The molecule has 0 radical (unpaired) electrons. The number of carboxylic acids is 1. The minimum atomic E-state index is -2.80. The molecule has 196 valence electrons. The summed E-state index contributed by atoms with van der Waals surface area (Å²) in [6.45, 7) is 15.7. The zero-order valence-corrected chi connectivity index (χ0v) is 23.8. The lowest BCUT2D eigenvalue weighted by molar-refractivity contribution is -0.140.